The Morgan fingerprint density at radius 1 is 1.37 bits per heavy atom. The molecule has 0 unspecified atom stereocenters. The van der Waals surface area contributed by atoms with Crippen molar-refractivity contribution in [2.45, 2.75) is 6.54 Å². The lowest BCUT2D eigenvalue weighted by molar-refractivity contribution is -0.125. The van der Waals surface area contributed by atoms with E-state index < -0.39 is 0 Å². The third kappa shape index (κ3) is 4.33. The molecule has 1 heterocycles. The highest BCUT2D eigenvalue weighted by Crippen LogP contribution is 2.21. The first-order chi connectivity index (χ1) is 9.15. The average molecular weight is 336 g/mol. The van der Waals surface area contributed by atoms with Gasteiger partial charge in [0, 0.05) is 19.7 Å². The van der Waals surface area contributed by atoms with Crippen LogP contribution in [0.5, 0.6) is 0 Å². The van der Waals surface area contributed by atoms with Gasteiger partial charge < -0.3 is 4.90 Å². The van der Waals surface area contributed by atoms with Crippen LogP contribution < -0.4 is 0 Å². The third-order valence-electron chi connectivity index (χ3n) is 2.64. The second kappa shape index (κ2) is 6.68. The van der Waals surface area contributed by atoms with E-state index in [2.05, 4.69) is 21.3 Å². The summed E-state index contributed by atoms with van der Waals surface area (Å²) in [6.07, 6.45) is 3.44. The predicted octanol–water partition coefficient (Wildman–Crippen LogP) is 4.18. The van der Waals surface area contributed by atoms with E-state index >= 15 is 0 Å². The normalized spacial score (nSPS) is 10.8. The molecule has 0 spiro atoms. The number of hydrogen-bond donors (Lipinski definition) is 0. The molecule has 0 saturated carbocycles. The van der Waals surface area contributed by atoms with Gasteiger partial charge in [0.2, 0.25) is 5.91 Å². The van der Waals surface area contributed by atoms with E-state index in [-0.39, 0.29) is 5.91 Å². The fraction of sp³-hybridized carbons (Fsp3) is 0.133. The van der Waals surface area contributed by atoms with Gasteiger partial charge in [0.05, 0.1) is 3.79 Å². The summed E-state index contributed by atoms with van der Waals surface area (Å²) in [5.74, 6) is 0.00572. The number of carbonyl (C=O) groups is 1. The lowest BCUT2D eigenvalue weighted by Crippen LogP contribution is -2.23. The standard InChI is InChI=1S/C15H14BrNOS/c1-17(10-13-9-14(16)19-11-13)15(18)8-7-12-5-3-2-4-6-12/h2-9,11H,10H2,1H3/b8-7+. The van der Waals surface area contributed by atoms with Gasteiger partial charge in [-0.2, -0.15) is 0 Å². The Labute approximate surface area is 125 Å². The Morgan fingerprint density at radius 3 is 2.74 bits per heavy atom. The van der Waals surface area contributed by atoms with Crippen molar-refractivity contribution in [1.82, 2.24) is 4.90 Å². The molecule has 1 aromatic carbocycles. The molecule has 19 heavy (non-hydrogen) atoms. The molecule has 1 aromatic heterocycles. The van der Waals surface area contributed by atoms with Gasteiger partial charge in [-0.1, -0.05) is 30.3 Å². The first kappa shape index (κ1) is 14.0. The van der Waals surface area contributed by atoms with Crippen LogP contribution in [0.4, 0.5) is 0 Å². The molecule has 4 heteroatoms. The minimum Gasteiger partial charge on any atom is -0.338 e. The number of thiophene rings is 1. The average Bonchev–Trinajstić information content (AvgIpc) is 2.82. The van der Waals surface area contributed by atoms with Crippen LogP contribution in [0.25, 0.3) is 6.08 Å². The fourth-order valence-corrected chi connectivity index (χ4v) is 2.84. The number of benzene rings is 1. The van der Waals surface area contributed by atoms with Crippen molar-refractivity contribution in [3.8, 4) is 0 Å². The molecule has 0 atom stereocenters. The van der Waals surface area contributed by atoms with Crippen LogP contribution in [0, 0.1) is 0 Å². The van der Waals surface area contributed by atoms with Crippen LogP contribution >= 0.6 is 27.3 Å². The molecule has 2 aromatic rings. The van der Waals surface area contributed by atoms with Crippen LogP contribution in [0.1, 0.15) is 11.1 Å². The fourth-order valence-electron chi connectivity index (χ4n) is 1.64. The molecule has 98 valence electrons. The van der Waals surface area contributed by atoms with E-state index in [4.69, 9.17) is 0 Å². The molecule has 0 radical (unpaired) electrons. The number of nitrogens with zero attached hydrogens (tertiary/aromatic N) is 1. The number of amides is 1. The van der Waals surface area contributed by atoms with Crippen molar-refractivity contribution in [3.63, 3.8) is 0 Å². The van der Waals surface area contributed by atoms with Crippen LogP contribution in [0.3, 0.4) is 0 Å². The van der Waals surface area contributed by atoms with Crippen molar-refractivity contribution in [2.75, 3.05) is 7.05 Å². The zero-order chi connectivity index (χ0) is 13.7. The van der Waals surface area contributed by atoms with E-state index in [0.29, 0.717) is 6.54 Å². The zero-order valence-electron chi connectivity index (χ0n) is 10.5. The summed E-state index contributed by atoms with van der Waals surface area (Å²) in [6.45, 7) is 0.625. The molecule has 0 N–H and O–H groups in total. The molecule has 2 nitrogen and oxygen atoms in total. The minimum absolute atomic E-state index is 0.00572. The van der Waals surface area contributed by atoms with Crippen molar-refractivity contribution in [3.05, 3.63) is 62.8 Å². The SMILES string of the molecule is CN(Cc1csc(Br)c1)C(=O)/C=C/c1ccccc1. The van der Waals surface area contributed by atoms with E-state index in [9.17, 15) is 4.79 Å². The largest absolute Gasteiger partial charge is 0.338 e. The highest BCUT2D eigenvalue weighted by atomic mass is 79.9. The highest BCUT2D eigenvalue weighted by molar-refractivity contribution is 9.11. The highest BCUT2D eigenvalue weighted by Gasteiger charge is 2.06. The number of halogens is 1. The Kier molecular flexibility index (Phi) is 4.93. The van der Waals surface area contributed by atoms with E-state index in [0.717, 1.165) is 14.9 Å². The quantitative estimate of drug-likeness (QED) is 0.767. The number of rotatable bonds is 4. The van der Waals surface area contributed by atoms with Gasteiger partial charge in [-0.05, 0) is 44.6 Å². The Morgan fingerprint density at radius 2 is 2.11 bits per heavy atom. The maximum Gasteiger partial charge on any atom is 0.246 e. The molecule has 0 aliphatic carbocycles. The molecule has 1 amide bonds. The maximum absolute atomic E-state index is 12.0. The van der Waals surface area contributed by atoms with Crippen molar-refractivity contribution >= 4 is 39.2 Å². The smallest absolute Gasteiger partial charge is 0.246 e. The van der Waals surface area contributed by atoms with E-state index in [1.807, 2.05) is 49.5 Å². The number of hydrogen-bond acceptors (Lipinski definition) is 2. The van der Waals surface area contributed by atoms with Crippen LogP contribution in [0.2, 0.25) is 0 Å². The Balaban J connectivity index is 1.94. The van der Waals surface area contributed by atoms with Gasteiger partial charge in [0.25, 0.3) is 0 Å². The van der Waals surface area contributed by atoms with E-state index in [1.165, 1.54) is 0 Å². The topological polar surface area (TPSA) is 20.3 Å². The summed E-state index contributed by atoms with van der Waals surface area (Å²) < 4.78 is 1.09. The molecular weight excluding hydrogens is 322 g/mol. The molecule has 0 aliphatic heterocycles. The van der Waals surface area contributed by atoms with Crippen molar-refractivity contribution in [2.24, 2.45) is 0 Å². The van der Waals surface area contributed by atoms with Gasteiger partial charge in [0.15, 0.2) is 0 Å². The van der Waals surface area contributed by atoms with Gasteiger partial charge in [0.1, 0.15) is 0 Å². The summed E-state index contributed by atoms with van der Waals surface area (Å²) in [5.41, 5.74) is 2.17. The van der Waals surface area contributed by atoms with Crippen LogP contribution in [-0.4, -0.2) is 17.9 Å². The van der Waals surface area contributed by atoms with Gasteiger partial charge in [-0.25, -0.2) is 0 Å². The Hall–Kier alpha value is -1.39. The summed E-state index contributed by atoms with van der Waals surface area (Å²) in [7, 11) is 1.81. The lowest BCUT2D eigenvalue weighted by atomic mass is 10.2. The second-order valence-corrected chi connectivity index (χ2v) is 6.49. The Bertz CT molecular complexity index is 577. The molecule has 2 rings (SSSR count). The number of carbonyl (C=O) groups excluding carboxylic acids is 1. The summed E-state index contributed by atoms with van der Waals surface area (Å²) in [4.78, 5) is 13.7. The lowest BCUT2D eigenvalue weighted by Gasteiger charge is -2.13. The first-order valence-corrected chi connectivity index (χ1v) is 7.53. The van der Waals surface area contributed by atoms with Crippen molar-refractivity contribution in [1.29, 1.82) is 0 Å². The molecule has 0 bridgehead atoms. The summed E-state index contributed by atoms with van der Waals surface area (Å²) >= 11 is 5.05. The summed E-state index contributed by atoms with van der Waals surface area (Å²) in [6, 6.07) is 11.8. The van der Waals surface area contributed by atoms with Crippen LogP contribution in [0.15, 0.2) is 51.6 Å². The molecule has 0 fully saturated rings. The molecule has 0 saturated heterocycles. The third-order valence-corrected chi connectivity index (χ3v) is 4.19. The summed E-state index contributed by atoms with van der Waals surface area (Å²) in [5, 5.41) is 2.05. The van der Waals surface area contributed by atoms with Gasteiger partial charge in [-0.15, -0.1) is 11.3 Å². The van der Waals surface area contributed by atoms with Crippen LogP contribution in [-0.2, 0) is 11.3 Å². The van der Waals surface area contributed by atoms with Crippen molar-refractivity contribution < 1.29 is 4.79 Å². The second-order valence-electron chi connectivity index (χ2n) is 4.20. The van der Waals surface area contributed by atoms with Gasteiger partial charge in [-0.3, -0.25) is 4.79 Å². The number of likely N-dealkylation sites (N-methyl/N-ethyl adjacent to an activating group) is 1. The molecule has 0 aliphatic rings. The zero-order valence-corrected chi connectivity index (χ0v) is 12.9. The van der Waals surface area contributed by atoms with E-state index in [1.54, 1.807) is 22.3 Å². The maximum atomic E-state index is 12.0. The molecular formula is C15H14BrNOS. The predicted molar refractivity (Wildman–Crippen MR) is 84.0 cm³/mol. The van der Waals surface area contributed by atoms with Gasteiger partial charge >= 0.3 is 0 Å². The monoisotopic (exact) mass is 335 g/mol. The first-order valence-electron chi connectivity index (χ1n) is 5.86. The minimum atomic E-state index is 0.00572.